The molecule has 29 heavy (non-hydrogen) atoms. The van der Waals surface area contributed by atoms with E-state index in [1.165, 1.54) is 37.6 Å². The minimum Gasteiger partial charge on any atom is -0.494 e. The molecule has 0 aliphatic carbocycles. The van der Waals surface area contributed by atoms with Crippen LogP contribution in [-0.4, -0.2) is 22.9 Å². The van der Waals surface area contributed by atoms with Gasteiger partial charge in [-0.25, -0.2) is 18.2 Å². The highest BCUT2D eigenvalue weighted by atomic mass is 19.1. The summed E-state index contributed by atoms with van der Waals surface area (Å²) in [6, 6.07) is 9.27. The number of carbonyl (C=O) groups is 1. The Labute approximate surface area is 164 Å². The summed E-state index contributed by atoms with van der Waals surface area (Å²) in [6.45, 7) is 0. The fraction of sp³-hybridized carbons (Fsp3) is 0.0909. The smallest absolute Gasteiger partial charge is 0.175 e. The van der Waals surface area contributed by atoms with Crippen molar-refractivity contribution in [1.29, 1.82) is 0 Å². The number of methoxy groups -OCH3 is 1. The number of benzene rings is 2. The molecule has 0 radical (unpaired) electrons. The van der Waals surface area contributed by atoms with Gasteiger partial charge in [0.2, 0.25) is 0 Å². The number of nitrogens with one attached hydrogen (secondary N) is 1. The molecular weight excluding hydrogens is 381 g/mol. The lowest BCUT2D eigenvalue weighted by Gasteiger charge is -2.07. The quantitative estimate of drug-likeness (QED) is 0.479. The van der Waals surface area contributed by atoms with E-state index in [4.69, 9.17) is 4.74 Å². The molecule has 0 aliphatic rings. The third-order valence-electron chi connectivity index (χ3n) is 4.65. The van der Waals surface area contributed by atoms with Crippen LogP contribution in [0.25, 0.3) is 22.2 Å². The average molecular weight is 396 g/mol. The van der Waals surface area contributed by atoms with Gasteiger partial charge in [-0.05, 0) is 41.5 Å². The van der Waals surface area contributed by atoms with Gasteiger partial charge in [0.25, 0.3) is 0 Å². The topological polar surface area (TPSA) is 55.0 Å². The van der Waals surface area contributed by atoms with Gasteiger partial charge in [0.15, 0.2) is 17.3 Å². The zero-order chi connectivity index (χ0) is 20.5. The molecule has 4 nitrogen and oxygen atoms in total. The van der Waals surface area contributed by atoms with Crippen molar-refractivity contribution in [2.75, 3.05) is 7.11 Å². The van der Waals surface area contributed by atoms with Gasteiger partial charge in [-0.2, -0.15) is 0 Å². The Bertz CT molecular complexity index is 1210. The highest BCUT2D eigenvalue weighted by molar-refractivity contribution is 6.00. The molecule has 0 saturated carbocycles. The van der Waals surface area contributed by atoms with Crippen molar-refractivity contribution in [3.05, 3.63) is 83.4 Å². The second kappa shape index (κ2) is 7.43. The number of ketones is 1. The van der Waals surface area contributed by atoms with E-state index in [1.807, 2.05) is 0 Å². The molecule has 0 spiro atoms. The Morgan fingerprint density at radius 2 is 1.83 bits per heavy atom. The predicted octanol–water partition coefficient (Wildman–Crippen LogP) is 5.08. The van der Waals surface area contributed by atoms with Gasteiger partial charge < -0.3 is 9.72 Å². The van der Waals surface area contributed by atoms with E-state index < -0.39 is 23.2 Å². The highest BCUT2D eigenvalue weighted by Crippen LogP contribution is 2.27. The van der Waals surface area contributed by atoms with Crippen LogP contribution in [-0.2, 0) is 6.42 Å². The maximum absolute atomic E-state index is 14.4. The van der Waals surface area contributed by atoms with E-state index in [9.17, 15) is 18.0 Å². The number of H-pyrrole nitrogens is 1. The number of nitrogens with zero attached hydrogens (tertiary/aromatic N) is 1. The average Bonchev–Trinajstić information content (AvgIpc) is 3.09. The number of carbonyl (C=O) groups excluding carboxylic acids is 1. The Balaban J connectivity index is 1.71. The Morgan fingerprint density at radius 1 is 1.07 bits per heavy atom. The van der Waals surface area contributed by atoms with Crippen molar-refractivity contribution in [3.8, 4) is 16.9 Å². The molecule has 4 rings (SSSR count). The van der Waals surface area contributed by atoms with Gasteiger partial charge in [-0.15, -0.1) is 0 Å². The molecule has 2 aromatic heterocycles. The Hall–Kier alpha value is -3.61. The lowest BCUT2D eigenvalue weighted by atomic mass is 10.0. The SMILES string of the molecule is COc1cccc(C(=O)Cc2c[nH]c3ncc(-c4cc(F)cc(F)c4)cc23)c1F. The largest absolute Gasteiger partial charge is 0.494 e. The maximum atomic E-state index is 14.4. The molecule has 0 saturated heterocycles. The van der Waals surface area contributed by atoms with Gasteiger partial charge >= 0.3 is 0 Å². The molecule has 0 bridgehead atoms. The number of fused-ring (bicyclic) bond motifs is 1. The molecule has 0 amide bonds. The third-order valence-corrected chi connectivity index (χ3v) is 4.65. The van der Waals surface area contributed by atoms with Crippen LogP contribution in [0.15, 0.2) is 54.9 Å². The van der Waals surface area contributed by atoms with Gasteiger partial charge in [0.05, 0.1) is 12.7 Å². The first-order valence-electron chi connectivity index (χ1n) is 8.74. The molecule has 0 aliphatic heterocycles. The van der Waals surface area contributed by atoms with Gasteiger partial charge in [0.1, 0.15) is 17.3 Å². The summed E-state index contributed by atoms with van der Waals surface area (Å²) in [5, 5.41) is 0.615. The number of aromatic amines is 1. The minimum absolute atomic E-state index is 0.00754. The molecule has 0 unspecified atom stereocenters. The van der Waals surface area contributed by atoms with Gasteiger partial charge in [0, 0.05) is 35.8 Å². The van der Waals surface area contributed by atoms with Crippen LogP contribution in [0.5, 0.6) is 5.75 Å². The fourth-order valence-corrected chi connectivity index (χ4v) is 3.23. The Kier molecular flexibility index (Phi) is 4.80. The number of pyridine rings is 1. The van der Waals surface area contributed by atoms with Crippen LogP contribution in [0.1, 0.15) is 15.9 Å². The van der Waals surface area contributed by atoms with E-state index >= 15 is 0 Å². The number of hydrogen-bond donors (Lipinski definition) is 1. The second-order valence-electron chi connectivity index (χ2n) is 6.51. The van der Waals surface area contributed by atoms with E-state index in [1.54, 1.807) is 18.3 Å². The standard InChI is InChI=1S/C22H15F3N2O2/c1-29-20-4-2-3-17(21(20)25)19(28)8-14-11-27-22-18(14)7-13(10-26-22)12-5-15(23)9-16(24)6-12/h2-7,9-11H,8H2,1H3,(H,26,27). The summed E-state index contributed by atoms with van der Waals surface area (Å²) in [5.74, 6) is -2.54. The van der Waals surface area contributed by atoms with Gasteiger partial charge in [-0.3, -0.25) is 4.79 Å². The molecule has 0 atom stereocenters. The van der Waals surface area contributed by atoms with E-state index in [2.05, 4.69) is 9.97 Å². The summed E-state index contributed by atoms with van der Waals surface area (Å²) >= 11 is 0. The molecule has 0 fully saturated rings. The third kappa shape index (κ3) is 3.59. The normalized spacial score (nSPS) is 11.0. The first-order chi connectivity index (χ1) is 14.0. The molecular formula is C22H15F3N2O2. The summed E-state index contributed by atoms with van der Waals surface area (Å²) in [5.41, 5.74) is 1.86. The summed E-state index contributed by atoms with van der Waals surface area (Å²) < 4.78 is 46.4. The molecule has 1 N–H and O–H groups in total. The maximum Gasteiger partial charge on any atom is 0.175 e. The van der Waals surface area contributed by atoms with Crippen molar-refractivity contribution in [2.45, 2.75) is 6.42 Å². The lowest BCUT2D eigenvalue weighted by molar-refractivity contribution is 0.0988. The number of Topliss-reactive ketones (excluding diaryl/α,β-unsaturated/α-hetero) is 1. The fourth-order valence-electron chi connectivity index (χ4n) is 3.23. The molecule has 2 heterocycles. The molecule has 2 aromatic carbocycles. The second-order valence-corrected chi connectivity index (χ2v) is 6.51. The van der Waals surface area contributed by atoms with Crippen LogP contribution in [0.4, 0.5) is 13.2 Å². The highest BCUT2D eigenvalue weighted by Gasteiger charge is 2.18. The first kappa shape index (κ1) is 18.7. The molecule has 7 heteroatoms. The predicted molar refractivity (Wildman–Crippen MR) is 102 cm³/mol. The monoisotopic (exact) mass is 396 g/mol. The van der Waals surface area contributed by atoms with Crippen molar-refractivity contribution in [2.24, 2.45) is 0 Å². The molecule has 4 aromatic rings. The van der Waals surface area contributed by atoms with Crippen LogP contribution in [0.2, 0.25) is 0 Å². The van der Waals surface area contributed by atoms with Gasteiger partial charge in [-0.1, -0.05) is 6.07 Å². The number of halogens is 3. The van der Waals surface area contributed by atoms with Crippen LogP contribution < -0.4 is 4.74 Å². The summed E-state index contributed by atoms with van der Waals surface area (Å²) in [6.07, 6.45) is 3.02. The minimum atomic E-state index is -0.714. The van der Waals surface area contributed by atoms with Crippen molar-refractivity contribution < 1.29 is 22.7 Å². The number of ether oxygens (including phenoxy) is 1. The van der Waals surface area contributed by atoms with Crippen LogP contribution >= 0.6 is 0 Å². The lowest BCUT2D eigenvalue weighted by Crippen LogP contribution is -2.07. The van der Waals surface area contributed by atoms with Crippen molar-refractivity contribution in [3.63, 3.8) is 0 Å². The van der Waals surface area contributed by atoms with E-state index in [-0.39, 0.29) is 17.7 Å². The van der Waals surface area contributed by atoms with Crippen molar-refractivity contribution in [1.82, 2.24) is 9.97 Å². The van der Waals surface area contributed by atoms with Crippen LogP contribution in [0, 0.1) is 17.5 Å². The first-order valence-corrected chi connectivity index (χ1v) is 8.74. The summed E-state index contributed by atoms with van der Waals surface area (Å²) in [4.78, 5) is 19.9. The number of hydrogen-bond acceptors (Lipinski definition) is 3. The number of aromatic nitrogens is 2. The Morgan fingerprint density at radius 3 is 2.55 bits per heavy atom. The molecule has 146 valence electrons. The zero-order valence-corrected chi connectivity index (χ0v) is 15.3. The number of rotatable bonds is 5. The van der Waals surface area contributed by atoms with Crippen molar-refractivity contribution >= 4 is 16.8 Å². The summed E-state index contributed by atoms with van der Waals surface area (Å²) in [7, 11) is 1.33. The van der Waals surface area contributed by atoms with E-state index in [0.29, 0.717) is 27.7 Å². The zero-order valence-electron chi connectivity index (χ0n) is 15.3. The van der Waals surface area contributed by atoms with Crippen LogP contribution in [0.3, 0.4) is 0 Å². The van der Waals surface area contributed by atoms with E-state index in [0.717, 1.165) is 6.07 Å².